The zero-order valence-electron chi connectivity index (χ0n) is 7.28. The van der Waals surface area contributed by atoms with E-state index >= 15 is 0 Å². The number of rotatable bonds is 2. The van der Waals surface area contributed by atoms with Crippen molar-refractivity contribution < 1.29 is 4.21 Å². The van der Waals surface area contributed by atoms with Crippen LogP contribution >= 0.6 is 0 Å². The van der Waals surface area contributed by atoms with Gasteiger partial charge in [-0.3, -0.25) is 4.21 Å². The predicted octanol–water partition coefficient (Wildman–Crippen LogP) is 1.44. The van der Waals surface area contributed by atoms with Crippen LogP contribution in [0.4, 0.5) is 0 Å². The van der Waals surface area contributed by atoms with Crippen LogP contribution in [0.3, 0.4) is 0 Å². The predicted molar refractivity (Wildman–Crippen MR) is 51.4 cm³/mol. The Hall–Kier alpha value is -0.670. The van der Waals surface area contributed by atoms with Crippen LogP contribution in [0, 0.1) is 0 Å². The van der Waals surface area contributed by atoms with Crippen LogP contribution < -0.4 is 5.73 Å². The molecule has 0 radical (unpaired) electrons. The van der Waals surface area contributed by atoms with E-state index in [0.717, 1.165) is 10.5 Å². The highest BCUT2D eigenvalue weighted by Gasteiger charge is 2.00. The molecule has 1 aromatic carbocycles. The normalized spacial score (nSPS) is 15.6. The van der Waals surface area contributed by atoms with E-state index < -0.39 is 10.8 Å². The molecule has 0 aliphatic heterocycles. The number of nitrogens with two attached hydrogens (primary N) is 1. The van der Waals surface area contributed by atoms with Crippen LogP contribution in [0.5, 0.6) is 0 Å². The molecule has 0 saturated carbocycles. The molecule has 0 bridgehead atoms. The maximum absolute atomic E-state index is 11.0. The molecule has 2 atom stereocenters. The van der Waals surface area contributed by atoms with Gasteiger partial charge in [-0.2, -0.15) is 0 Å². The summed E-state index contributed by atoms with van der Waals surface area (Å²) in [6, 6.07) is 7.59. The van der Waals surface area contributed by atoms with E-state index in [0.29, 0.717) is 0 Å². The first-order valence-corrected chi connectivity index (χ1v) is 5.36. The zero-order chi connectivity index (χ0) is 9.14. The Bertz CT molecular complexity index is 279. The summed E-state index contributed by atoms with van der Waals surface area (Å²) in [5, 5.41) is 0. The number of hydrogen-bond acceptors (Lipinski definition) is 2. The monoisotopic (exact) mass is 183 g/mol. The Morgan fingerprint density at radius 1 is 1.33 bits per heavy atom. The minimum Gasteiger partial charge on any atom is -0.324 e. The van der Waals surface area contributed by atoms with Crippen molar-refractivity contribution in [3.05, 3.63) is 29.8 Å². The van der Waals surface area contributed by atoms with Crippen molar-refractivity contribution in [3.63, 3.8) is 0 Å². The molecular formula is C9H13NOS. The first-order chi connectivity index (χ1) is 5.61. The average molecular weight is 183 g/mol. The molecule has 0 amide bonds. The molecule has 66 valence electrons. The van der Waals surface area contributed by atoms with Gasteiger partial charge in [0, 0.05) is 28.0 Å². The Morgan fingerprint density at radius 2 is 1.83 bits per heavy atom. The van der Waals surface area contributed by atoms with Gasteiger partial charge < -0.3 is 5.73 Å². The summed E-state index contributed by atoms with van der Waals surface area (Å²) in [5.41, 5.74) is 6.74. The maximum atomic E-state index is 11.0. The van der Waals surface area contributed by atoms with Crippen molar-refractivity contribution >= 4 is 10.8 Å². The summed E-state index contributed by atoms with van der Waals surface area (Å²) in [5.74, 6) is 0. The summed E-state index contributed by atoms with van der Waals surface area (Å²) in [6.07, 6.45) is 1.67. The SMILES string of the molecule is CC(N)c1ccc(S(C)=O)cc1. The zero-order valence-corrected chi connectivity index (χ0v) is 8.10. The van der Waals surface area contributed by atoms with Gasteiger partial charge in [-0.05, 0) is 24.6 Å². The minimum atomic E-state index is -0.891. The van der Waals surface area contributed by atoms with Crippen LogP contribution in [-0.4, -0.2) is 10.5 Å². The summed E-state index contributed by atoms with van der Waals surface area (Å²) in [4.78, 5) is 0.847. The lowest BCUT2D eigenvalue weighted by Crippen LogP contribution is -2.04. The Balaban J connectivity index is 2.93. The van der Waals surface area contributed by atoms with E-state index in [2.05, 4.69) is 0 Å². The highest BCUT2D eigenvalue weighted by molar-refractivity contribution is 7.84. The summed E-state index contributed by atoms with van der Waals surface area (Å²) in [6.45, 7) is 1.93. The Kier molecular flexibility index (Phi) is 3.00. The first kappa shape index (κ1) is 9.42. The molecule has 1 rings (SSSR count). The molecule has 0 aliphatic carbocycles. The molecule has 1 aromatic rings. The standard InChI is InChI=1S/C9H13NOS/c1-7(10)8-3-5-9(6-4-8)12(2)11/h3-7H,10H2,1-2H3. The molecule has 0 heterocycles. The quantitative estimate of drug-likeness (QED) is 0.754. The van der Waals surface area contributed by atoms with Crippen LogP contribution in [0.25, 0.3) is 0 Å². The van der Waals surface area contributed by atoms with Crippen molar-refractivity contribution in [2.75, 3.05) is 6.26 Å². The minimum absolute atomic E-state index is 0.0457. The lowest BCUT2D eigenvalue weighted by Gasteiger charge is -2.05. The highest BCUT2D eigenvalue weighted by atomic mass is 32.2. The van der Waals surface area contributed by atoms with E-state index in [-0.39, 0.29) is 6.04 Å². The Labute approximate surface area is 75.2 Å². The average Bonchev–Trinajstić information content (AvgIpc) is 2.04. The second kappa shape index (κ2) is 3.83. The molecule has 0 aromatic heterocycles. The molecule has 0 fully saturated rings. The first-order valence-electron chi connectivity index (χ1n) is 3.80. The second-order valence-electron chi connectivity index (χ2n) is 2.81. The molecule has 2 unspecified atom stereocenters. The van der Waals surface area contributed by atoms with Crippen LogP contribution in [0.15, 0.2) is 29.2 Å². The molecule has 2 N–H and O–H groups in total. The van der Waals surface area contributed by atoms with E-state index in [1.807, 2.05) is 31.2 Å². The topological polar surface area (TPSA) is 43.1 Å². The van der Waals surface area contributed by atoms with E-state index in [1.165, 1.54) is 0 Å². The maximum Gasteiger partial charge on any atom is 0.0498 e. The van der Waals surface area contributed by atoms with Crippen molar-refractivity contribution in [2.24, 2.45) is 5.73 Å². The molecular weight excluding hydrogens is 170 g/mol. The molecule has 0 saturated heterocycles. The van der Waals surface area contributed by atoms with Crippen molar-refractivity contribution in [3.8, 4) is 0 Å². The molecule has 12 heavy (non-hydrogen) atoms. The van der Waals surface area contributed by atoms with Crippen molar-refractivity contribution in [1.82, 2.24) is 0 Å². The van der Waals surface area contributed by atoms with Crippen LogP contribution in [0.2, 0.25) is 0 Å². The van der Waals surface area contributed by atoms with Gasteiger partial charge in [0.2, 0.25) is 0 Å². The van der Waals surface area contributed by atoms with Gasteiger partial charge in [0.1, 0.15) is 0 Å². The number of hydrogen-bond donors (Lipinski definition) is 1. The third kappa shape index (κ3) is 2.16. The van der Waals surface area contributed by atoms with Crippen molar-refractivity contribution in [2.45, 2.75) is 17.9 Å². The fourth-order valence-corrected chi connectivity index (χ4v) is 1.48. The fourth-order valence-electron chi connectivity index (χ4n) is 0.963. The lowest BCUT2D eigenvalue weighted by atomic mass is 10.1. The third-order valence-electron chi connectivity index (χ3n) is 1.74. The summed E-state index contributed by atoms with van der Waals surface area (Å²) in [7, 11) is -0.891. The second-order valence-corrected chi connectivity index (χ2v) is 4.19. The largest absolute Gasteiger partial charge is 0.324 e. The van der Waals surface area contributed by atoms with Crippen LogP contribution in [-0.2, 0) is 10.8 Å². The van der Waals surface area contributed by atoms with Gasteiger partial charge in [0.05, 0.1) is 0 Å². The lowest BCUT2D eigenvalue weighted by molar-refractivity contribution is 0.686. The van der Waals surface area contributed by atoms with E-state index in [9.17, 15) is 4.21 Å². The van der Waals surface area contributed by atoms with E-state index in [1.54, 1.807) is 6.26 Å². The van der Waals surface area contributed by atoms with E-state index in [4.69, 9.17) is 5.73 Å². The van der Waals surface area contributed by atoms with Gasteiger partial charge in [-0.1, -0.05) is 12.1 Å². The smallest absolute Gasteiger partial charge is 0.0498 e. The van der Waals surface area contributed by atoms with Gasteiger partial charge in [0.25, 0.3) is 0 Å². The van der Waals surface area contributed by atoms with Crippen molar-refractivity contribution in [1.29, 1.82) is 0 Å². The fraction of sp³-hybridized carbons (Fsp3) is 0.333. The van der Waals surface area contributed by atoms with Gasteiger partial charge in [-0.15, -0.1) is 0 Å². The Morgan fingerprint density at radius 3 is 2.17 bits per heavy atom. The third-order valence-corrected chi connectivity index (χ3v) is 2.67. The molecule has 3 heteroatoms. The van der Waals surface area contributed by atoms with Gasteiger partial charge >= 0.3 is 0 Å². The van der Waals surface area contributed by atoms with Crippen LogP contribution in [0.1, 0.15) is 18.5 Å². The molecule has 2 nitrogen and oxygen atoms in total. The highest BCUT2D eigenvalue weighted by Crippen LogP contribution is 2.12. The molecule has 0 spiro atoms. The number of benzene rings is 1. The van der Waals surface area contributed by atoms with Gasteiger partial charge in [0.15, 0.2) is 0 Å². The summed E-state index contributed by atoms with van der Waals surface area (Å²) >= 11 is 0. The summed E-state index contributed by atoms with van der Waals surface area (Å²) < 4.78 is 11.0. The van der Waals surface area contributed by atoms with Gasteiger partial charge in [-0.25, -0.2) is 0 Å². The molecule has 0 aliphatic rings.